The summed E-state index contributed by atoms with van der Waals surface area (Å²) in [5.41, 5.74) is 6.77. The summed E-state index contributed by atoms with van der Waals surface area (Å²) in [6.07, 6.45) is 19.8. The molecule has 0 amide bonds. The number of aliphatic hydroxyl groups excluding tert-OH is 1. The molecule has 1 aliphatic heterocycles. The Balaban J connectivity index is 0.000000224. The Kier molecular flexibility index (Phi) is 12.7. The molecule has 45 heavy (non-hydrogen) atoms. The van der Waals surface area contributed by atoms with Crippen LogP contribution in [0.5, 0.6) is 0 Å². The summed E-state index contributed by atoms with van der Waals surface area (Å²) in [6.45, 7) is 15.9. The number of hydrogen-bond donors (Lipinski definition) is 1. The first-order valence-corrected chi connectivity index (χ1v) is 17.6. The molecule has 4 aliphatic rings. The van der Waals surface area contributed by atoms with E-state index in [9.17, 15) is 5.11 Å². The van der Waals surface area contributed by atoms with E-state index in [1.54, 1.807) is 0 Å². The molecule has 3 nitrogen and oxygen atoms in total. The van der Waals surface area contributed by atoms with Gasteiger partial charge in [0.25, 0.3) is 0 Å². The first-order valence-electron chi connectivity index (χ1n) is 17.6. The average molecular weight is 785 g/mol. The van der Waals surface area contributed by atoms with Crippen LogP contribution in [0.25, 0.3) is 16.1 Å². The number of aliphatic imine (C=N–C) groups is 1. The van der Waals surface area contributed by atoms with Crippen molar-refractivity contribution in [3.8, 4) is 0 Å². The van der Waals surface area contributed by atoms with E-state index in [1.807, 2.05) is 6.20 Å². The van der Waals surface area contributed by atoms with Gasteiger partial charge in [-0.1, -0.05) is 146 Å². The third kappa shape index (κ3) is 8.01. The molecule has 1 radical (unpaired) electrons. The van der Waals surface area contributed by atoms with Crippen molar-refractivity contribution in [3.05, 3.63) is 88.4 Å². The van der Waals surface area contributed by atoms with Crippen LogP contribution in [0.15, 0.2) is 70.9 Å². The molecule has 2 aromatic rings. The Hall–Kier alpha value is -1.84. The number of rotatable bonds is 9. The molecule has 1 N–H and O–H groups in total. The van der Waals surface area contributed by atoms with Gasteiger partial charge >= 0.3 is 0 Å². The second kappa shape index (κ2) is 15.8. The van der Waals surface area contributed by atoms with Gasteiger partial charge in [-0.05, 0) is 59.3 Å². The van der Waals surface area contributed by atoms with Crippen LogP contribution in [0.1, 0.15) is 117 Å². The van der Waals surface area contributed by atoms with E-state index in [1.165, 1.54) is 70.9 Å². The molecule has 4 unspecified atom stereocenters. The van der Waals surface area contributed by atoms with E-state index in [4.69, 9.17) is 10.3 Å². The van der Waals surface area contributed by atoms with Gasteiger partial charge in [-0.15, -0.1) is 35.3 Å². The molecule has 1 heterocycles. The third-order valence-electron chi connectivity index (χ3n) is 10.7. The minimum absolute atomic E-state index is 0. The van der Waals surface area contributed by atoms with Crippen LogP contribution in [0, 0.1) is 29.7 Å². The molecule has 0 spiro atoms. The Morgan fingerprint density at radius 2 is 1.76 bits per heavy atom. The van der Waals surface area contributed by atoms with Gasteiger partial charge < -0.3 is 15.4 Å². The smallest absolute Gasteiger partial charge is 0.0554 e. The molecular formula is C41H56IrN2O-2. The first-order chi connectivity index (χ1) is 21.1. The van der Waals surface area contributed by atoms with E-state index in [2.05, 4.69) is 103 Å². The molecule has 4 heteroatoms. The van der Waals surface area contributed by atoms with Crippen LogP contribution in [0.2, 0.25) is 0 Å². The molecular weight excluding hydrogens is 729 g/mol. The van der Waals surface area contributed by atoms with Crippen molar-refractivity contribution in [1.82, 2.24) is 0 Å². The second-order valence-corrected chi connectivity index (χ2v) is 14.8. The van der Waals surface area contributed by atoms with Crippen molar-refractivity contribution in [2.24, 2.45) is 28.7 Å². The van der Waals surface area contributed by atoms with Crippen LogP contribution in [-0.4, -0.2) is 29.0 Å². The van der Waals surface area contributed by atoms with Crippen LogP contribution in [-0.2, 0) is 25.5 Å². The van der Waals surface area contributed by atoms with Gasteiger partial charge in [-0.3, -0.25) is 0 Å². The third-order valence-corrected chi connectivity index (χ3v) is 10.7. The van der Waals surface area contributed by atoms with E-state index in [0.29, 0.717) is 35.8 Å². The number of hydrogen-bond acceptors (Lipinski definition) is 2. The number of aliphatic hydroxyl groups is 1. The summed E-state index contributed by atoms with van der Waals surface area (Å²) < 4.78 is 0. The van der Waals surface area contributed by atoms with Gasteiger partial charge in [0.05, 0.1) is 6.10 Å². The zero-order chi connectivity index (χ0) is 31.4. The molecule has 6 rings (SSSR count). The minimum atomic E-state index is -0.160. The van der Waals surface area contributed by atoms with Crippen molar-refractivity contribution in [2.75, 3.05) is 0 Å². The molecule has 4 atom stereocenters. The van der Waals surface area contributed by atoms with Gasteiger partial charge in [-0.2, -0.15) is 0 Å². The second-order valence-electron chi connectivity index (χ2n) is 14.8. The molecule has 0 bridgehead atoms. The molecule has 3 aliphatic carbocycles. The summed E-state index contributed by atoms with van der Waals surface area (Å²) in [4.78, 5) is 4.87. The Morgan fingerprint density at radius 3 is 2.44 bits per heavy atom. The minimum Gasteiger partial charge on any atom is -0.657 e. The Bertz CT molecular complexity index is 1410. The van der Waals surface area contributed by atoms with Crippen LogP contribution < -0.4 is 0 Å². The summed E-state index contributed by atoms with van der Waals surface area (Å²) in [6, 6.07) is 15.4. The van der Waals surface area contributed by atoms with Crippen molar-refractivity contribution in [3.63, 3.8) is 0 Å². The molecule has 2 aromatic carbocycles. The maximum absolute atomic E-state index is 10.1. The molecule has 1 fully saturated rings. The maximum Gasteiger partial charge on any atom is 0.0554 e. The summed E-state index contributed by atoms with van der Waals surface area (Å²) in [7, 11) is 0. The Morgan fingerprint density at radius 1 is 1.04 bits per heavy atom. The summed E-state index contributed by atoms with van der Waals surface area (Å²) in [5, 5.41) is 17.6. The van der Waals surface area contributed by atoms with Gasteiger partial charge in [0.1, 0.15) is 0 Å². The number of allylic oxidation sites excluding steroid dienone is 5. The SMILES string of the molecule is CC(C)CC1=CC2C3C(=C1)C=CN=C3c1[c-]cc3ccccc3c1C2(C)C.CCC(CC)C(O)CC(C)[N-]C1CCCCC1.[Ir]. The molecule has 0 saturated heterocycles. The maximum atomic E-state index is 10.1. The number of benzene rings is 2. The van der Waals surface area contributed by atoms with Gasteiger partial charge in [0, 0.05) is 26.3 Å². The monoisotopic (exact) mass is 785 g/mol. The van der Waals surface area contributed by atoms with E-state index < -0.39 is 0 Å². The zero-order valence-corrected chi connectivity index (χ0v) is 31.2. The fourth-order valence-electron chi connectivity index (χ4n) is 8.36. The largest absolute Gasteiger partial charge is 0.657 e. The van der Waals surface area contributed by atoms with E-state index >= 15 is 0 Å². The fourth-order valence-corrected chi connectivity index (χ4v) is 8.36. The van der Waals surface area contributed by atoms with Crippen LogP contribution in [0.3, 0.4) is 0 Å². The van der Waals surface area contributed by atoms with Crippen molar-refractivity contribution in [2.45, 2.75) is 130 Å². The number of nitrogens with zero attached hydrogens (tertiary/aromatic N) is 2. The topological polar surface area (TPSA) is 46.7 Å². The van der Waals surface area contributed by atoms with E-state index in [-0.39, 0.29) is 31.6 Å². The molecule has 247 valence electrons. The molecule has 1 saturated carbocycles. The first kappa shape index (κ1) is 36.0. The summed E-state index contributed by atoms with van der Waals surface area (Å²) in [5.74, 6) is 1.91. The number of fused-ring (bicyclic) bond motifs is 4. The standard InChI is InChI=1S/C26H26N.C15H30NO.Ir/c1-16(2)13-17-14-19-11-12-27-25-21-10-9-18-7-5-6-8-20(18)24(21)26(3,4)22(15-17)23(19)25;1-4-13(5-2)15(17)11-12(3)16-14-9-7-6-8-10-14;/h5-9,11-12,14-16,22-23H,13H2,1-4H3;12-15,17H,4-11H2,1-3H3;/q2*-1;. The van der Waals surface area contributed by atoms with Gasteiger partial charge in [0.2, 0.25) is 0 Å². The predicted octanol–water partition coefficient (Wildman–Crippen LogP) is 10.7. The molecule has 0 aromatic heterocycles. The van der Waals surface area contributed by atoms with Crippen molar-refractivity contribution >= 4 is 16.5 Å². The average Bonchev–Trinajstić information content (AvgIpc) is 3.00. The van der Waals surface area contributed by atoms with Crippen molar-refractivity contribution in [1.29, 1.82) is 0 Å². The quantitative estimate of drug-likeness (QED) is 0.253. The fraction of sp³-hybridized carbons (Fsp3) is 0.585. The van der Waals surface area contributed by atoms with Crippen LogP contribution >= 0.6 is 0 Å². The van der Waals surface area contributed by atoms with E-state index in [0.717, 1.165) is 25.7 Å². The van der Waals surface area contributed by atoms with Gasteiger partial charge in [-0.25, -0.2) is 0 Å². The summed E-state index contributed by atoms with van der Waals surface area (Å²) >= 11 is 0. The van der Waals surface area contributed by atoms with Crippen molar-refractivity contribution < 1.29 is 25.2 Å². The normalized spacial score (nSPS) is 23.1. The zero-order valence-electron chi connectivity index (χ0n) is 28.8. The predicted molar refractivity (Wildman–Crippen MR) is 188 cm³/mol. The van der Waals surface area contributed by atoms with Gasteiger partial charge in [0.15, 0.2) is 0 Å². The van der Waals surface area contributed by atoms with Crippen LogP contribution in [0.4, 0.5) is 0 Å². The Labute approximate surface area is 287 Å².